The van der Waals surface area contributed by atoms with Crippen LogP contribution in [0.4, 0.5) is 0 Å². The minimum atomic E-state index is -0.0108. The summed E-state index contributed by atoms with van der Waals surface area (Å²) in [5.41, 5.74) is 1.35. The maximum Gasteiger partial charge on any atom is 0.231 e. The van der Waals surface area contributed by atoms with Gasteiger partial charge in [0.1, 0.15) is 5.75 Å². The Morgan fingerprint density at radius 1 is 1.19 bits per heavy atom. The molecule has 1 aliphatic rings. The van der Waals surface area contributed by atoms with Crippen molar-refractivity contribution >= 4 is 17.5 Å². The van der Waals surface area contributed by atoms with Crippen LogP contribution >= 0.6 is 11.8 Å². The lowest BCUT2D eigenvalue weighted by atomic mass is 10.1. The number of fused-ring (bicyclic) bond motifs is 1. The molecule has 4 rings (SSSR count). The van der Waals surface area contributed by atoms with Crippen molar-refractivity contribution in [2.75, 3.05) is 19.2 Å². The van der Waals surface area contributed by atoms with Crippen molar-refractivity contribution in [1.29, 1.82) is 0 Å². The number of benzene rings is 2. The van der Waals surface area contributed by atoms with Gasteiger partial charge >= 0.3 is 0 Å². The van der Waals surface area contributed by atoms with Crippen LogP contribution in [-0.2, 0) is 0 Å². The second-order valence-electron chi connectivity index (χ2n) is 5.58. The predicted molar refractivity (Wildman–Crippen MR) is 97.9 cm³/mol. The maximum atomic E-state index is 12.4. The third-order valence-electron chi connectivity index (χ3n) is 3.86. The van der Waals surface area contributed by atoms with Crippen molar-refractivity contribution in [3.05, 3.63) is 48.0 Å². The summed E-state index contributed by atoms with van der Waals surface area (Å²) in [7, 11) is 0. The van der Waals surface area contributed by atoms with E-state index in [0.29, 0.717) is 28.8 Å². The topological polar surface area (TPSA) is 88.4 Å². The van der Waals surface area contributed by atoms with Gasteiger partial charge in [0.15, 0.2) is 17.3 Å². The highest BCUT2D eigenvalue weighted by molar-refractivity contribution is 7.99. The molecule has 2 aromatic carbocycles. The number of thioether (sulfide) groups is 1. The van der Waals surface area contributed by atoms with Crippen LogP contribution < -0.4 is 14.2 Å². The fourth-order valence-corrected chi connectivity index (χ4v) is 3.35. The Kier molecular flexibility index (Phi) is 4.93. The first-order chi connectivity index (χ1) is 13.2. The van der Waals surface area contributed by atoms with Crippen molar-refractivity contribution in [2.45, 2.75) is 12.1 Å². The van der Waals surface area contributed by atoms with Crippen molar-refractivity contribution in [3.63, 3.8) is 0 Å². The van der Waals surface area contributed by atoms with Crippen LogP contribution in [0.15, 0.2) is 47.6 Å². The monoisotopic (exact) mass is 384 g/mol. The van der Waals surface area contributed by atoms with Gasteiger partial charge in [-0.1, -0.05) is 11.8 Å². The lowest BCUT2D eigenvalue weighted by Crippen LogP contribution is -2.05. The van der Waals surface area contributed by atoms with E-state index in [2.05, 4.69) is 15.5 Å². The molecule has 1 aliphatic heterocycles. The molecule has 2 heterocycles. The minimum absolute atomic E-state index is 0.0108. The van der Waals surface area contributed by atoms with Gasteiger partial charge in [0.25, 0.3) is 0 Å². The van der Waals surface area contributed by atoms with Crippen LogP contribution in [0.5, 0.6) is 17.2 Å². The number of rotatable bonds is 7. The number of ether oxygens (including phenoxy) is 3. The van der Waals surface area contributed by atoms with E-state index in [4.69, 9.17) is 14.2 Å². The molecule has 0 amide bonds. The normalized spacial score (nSPS) is 12.2. The highest BCUT2D eigenvalue weighted by Gasteiger charge is 2.17. The number of tetrazole rings is 1. The van der Waals surface area contributed by atoms with Crippen LogP contribution in [0.3, 0.4) is 0 Å². The molecule has 3 aromatic rings. The molecule has 0 N–H and O–H groups in total. The average molecular weight is 384 g/mol. The second-order valence-corrected chi connectivity index (χ2v) is 6.52. The SMILES string of the molecule is CCOc1ccc(C(=O)CSc2nnnn2-c2ccc3c(c2)OCO3)cc1. The fourth-order valence-electron chi connectivity index (χ4n) is 2.57. The maximum absolute atomic E-state index is 12.4. The summed E-state index contributed by atoms with van der Waals surface area (Å²) in [5, 5.41) is 12.3. The standard InChI is InChI=1S/C18H16N4O4S/c1-2-24-14-6-3-12(4-7-14)15(23)10-27-18-19-20-21-22(18)13-5-8-16-17(9-13)26-11-25-16/h3-9H,2,10-11H2,1H3. The second kappa shape index (κ2) is 7.67. The number of Topliss-reactive ketones (excluding diaryl/α,β-unsaturated/α-hetero) is 1. The lowest BCUT2D eigenvalue weighted by molar-refractivity contribution is 0.102. The largest absolute Gasteiger partial charge is 0.494 e. The first kappa shape index (κ1) is 17.3. The van der Waals surface area contributed by atoms with Gasteiger partial charge in [-0.05, 0) is 53.7 Å². The Morgan fingerprint density at radius 2 is 2.00 bits per heavy atom. The number of hydrogen-bond donors (Lipinski definition) is 0. The van der Waals surface area contributed by atoms with Gasteiger partial charge in [-0.15, -0.1) is 5.10 Å². The molecular formula is C18H16N4O4S. The molecule has 0 bridgehead atoms. The molecular weight excluding hydrogens is 368 g/mol. The highest BCUT2D eigenvalue weighted by Crippen LogP contribution is 2.34. The van der Waals surface area contributed by atoms with E-state index >= 15 is 0 Å². The number of hydrogen-bond acceptors (Lipinski definition) is 8. The summed E-state index contributed by atoms with van der Waals surface area (Å²) < 4.78 is 17.7. The summed E-state index contributed by atoms with van der Waals surface area (Å²) >= 11 is 1.27. The molecule has 27 heavy (non-hydrogen) atoms. The van der Waals surface area contributed by atoms with Crippen molar-refractivity contribution < 1.29 is 19.0 Å². The Bertz CT molecular complexity index is 958. The van der Waals surface area contributed by atoms with Crippen molar-refractivity contribution in [1.82, 2.24) is 20.2 Å². The van der Waals surface area contributed by atoms with Gasteiger partial charge in [-0.25, -0.2) is 0 Å². The molecule has 0 unspecified atom stereocenters. The van der Waals surface area contributed by atoms with E-state index in [-0.39, 0.29) is 18.3 Å². The molecule has 0 saturated heterocycles. The summed E-state index contributed by atoms with van der Waals surface area (Å²) in [4.78, 5) is 12.4. The third kappa shape index (κ3) is 3.72. The summed E-state index contributed by atoms with van der Waals surface area (Å²) in [6, 6.07) is 12.5. The minimum Gasteiger partial charge on any atom is -0.494 e. The van der Waals surface area contributed by atoms with Crippen molar-refractivity contribution in [3.8, 4) is 22.9 Å². The van der Waals surface area contributed by atoms with E-state index < -0.39 is 0 Å². The van der Waals surface area contributed by atoms with Gasteiger partial charge in [0, 0.05) is 11.6 Å². The van der Waals surface area contributed by atoms with Crippen LogP contribution in [0.25, 0.3) is 5.69 Å². The Hall–Kier alpha value is -3.07. The number of carbonyl (C=O) groups excluding carboxylic acids is 1. The summed E-state index contributed by atoms with van der Waals surface area (Å²) in [6.07, 6.45) is 0. The molecule has 8 nitrogen and oxygen atoms in total. The zero-order valence-electron chi connectivity index (χ0n) is 14.5. The Labute approximate surface area is 159 Å². The quantitative estimate of drug-likeness (QED) is 0.454. The van der Waals surface area contributed by atoms with Crippen LogP contribution in [-0.4, -0.2) is 45.1 Å². The van der Waals surface area contributed by atoms with Gasteiger partial charge in [-0.2, -0.15) is 4.68 Å². The van der Waals surface area contributed by atoms with E-state index in [1.54, 1.807) is 41.1 Å². The number of ketones is 1. The highest BCUT2D eigenvalue weighted by atomic mass is 32.2. The van der Waals surface area contributed by atoms with Crippen LogP contribution in [0.1, 0.15) is 17.3 Å². The van der Waals surface area contributed by atoms with E-state index in [9.17, 15) is 4.79 Å². The number of nitrogens with zero attached hydrogens (tertiary/aromatic N) is 4. The number of aromatic nitrogens is 4. The molecule has 9 heteroatoms. The van der Waals surface area contributed by atoms with Crippen LogP contribution in [0, 0.1) is 0 Å². The summed E-state index contributed by atoms with van der Waals surface area (Å²) in [5.74, 6) is 2.28. The molecule has 0 radical (unpaired) electrons. The zero-order chi connectivity index (χ0) is 18.6. The van der Waals surface area contributed by atoms with Gasteiger partial charge in [0.2, 0.25) is 11.9 Å². The first-order valence-corrected chi connectivity index (χ1v) is 9.30. The Morgan fingerprint density at radius 3 is 2.81 bits per heavy atom. The van der Waals surface area contributed by atoms with Crippen molar-refractivity contribution in [2.24, 2.45) is 0 Å². The third-order valence-corrected chi connectivity index (χ3v) is 4.78. The molecule has 0 atom stereocenters. The molecule has 0 aliphatic carbocycles. The van der Waals surface area contributed by atoms with Gasteiger partial charge in [-0.3, -0.25) is 4.79 Å². The molecule has 1 aromatic heterocycles. The van der Waals surface area contributed by atoms with Gasteiger partial charge < -0.3 is 14.2 Å². The zero-order valence-corrected chi connectivity index (χ0v) is 15.3. The van der Waals surface area contributed by atoms with E-state index in [1.807, 2.05) is 13.0 Å². The number of carbonyl (C=O) groups is 1. The predicted octanol–water partition coefficient (Wildman–Crippen LogP) is 2.76. The smallest absolute Gasteiger partial charge is 0.231 e. The van der Waals surface area contributed by atoms with Crippen LogP contribution in [0.2, 0.25) is 0 Å². The molecule has 0 spiro atoms. The molecule has 0 fully saturated rings. The van der Waals surface area contributed by atoms with Gasteiger partial charge in [0.05, 0.1) is 18.0 Å². The van der Waals surface area contributed by atoms with E-state index in [1.165, 1.54) is 11.8 Å². The Balaban J connectivity index is 1.45. The van der Waals surface area contributed by atoms with E-state index in [0.717, 1.165) is 11.4 Å². The lowest BCUT2D eigenvalue weighted by Gasteiger charge is -2.06. The first-order valence-electron chi connectivity index (χ1n) is 8.32. The summed E-state index contributed by atoms with van der Waals surface area (Å²) in [6.45, 7) is 2.71. The average Bonchev–Trinajstić information content (AvgIpc) is 3.35. The fraction of sp³-hybridized carbons (Fsp3) is 0.222. The molecule has 138 valence electrons. The molecule has 0 saturated carbocycles.